The second kappa shape index (κ2) is 4.67. The Bertz CT molecular complexity index is 394. The molecule has 2 unspecified atom stereocenters. The zero-order valence-corrected chi connectivity index (χ0v) is 10.1. The Kier molecular flexibility index (Phi) is 3.04. The van der Waals surface area contributed by atoms with Crippen molar-refractivity contribution in [3.63, 3.8) is 0 Å². The Morgan fingerprint density at radius 1 is 1.18 bits per heavy atom. The Hall–Kier alpha value is -1.06. The van der Waals surface area contributed by atoms with Gasteiger partial charge in [-0.3, -0.25) is 4.90 Å². The average Bonchev–Trinajstić information content (AvgIpc) is 2.65. The van der Waals surface area contributed by atoms with Gasteiger partial charge in [-0.15, -0.1) is 0 Å². The van der Waals surface area contributed by atoms with Crippen LogP contribution in [0, 0.1) is 0 Å². The number of fused-ring (bicyclic) bond motifs is 2. The lowest BCUT2D eigenvalue weighted by Crippen LogP contribution is -2.34. The molecular weight excluding hydrogens is 212 g/mol. The Labute approximate surface area is 102 Å². The van der Waals surface area contributed by atoms with Gasteiger partial charge in [0.25, 0.3) is 0 Å². The second-order valence-corrected chi connectivity index (χ2v) is 5.29. The molecule has 17 heavy (non-hydrogen) atoms. The topological polar surface area (TPSA) is 35.5 Å². The van der Waals surface area contributed by atoms with Crippen molar-refractivity contribution in [1.29, 1.82) is 0 Å². The lowest BCUT2D eigenvalue weighted by molar-refractivity contribution is 0.248. The SMILES string of the molecule is Oc1ccccc1CN1CCC2CCC(C1)N2. The summed E-state index contributed by atoms with van der Waals surface area (Å²) in [5.74, 6) is 0.426. The van der Waals surface area contributed by atoms with Crippen molar-refractivity contribution in [2.45, 2.75) is 37.9 Å². The van der Waals surface area contributed by atoms with Gasteiger partial charge in [-0.1, -0.05) is 18.2 Å². The molecule has 0 aromatic heterocycles. The van der Waals surface area contributed by atoms with Gasteiger partial charge >= 0.3 is 0 Å². The number of hydrogen-bond donors (Lipinski definition) is 2. The molecule has 1 aromatic rings. The third kappa shape index (κ3) is 2.45. The van der Waals surface area contributed by atoms with Crippen molar-refractivity contribution in [3.8, 4) is 5.75 Å². The molecule has 3 rings (SSSR count). The third-order valence-electron chi connectivity index (χ3n) is 3.99. The molecule has 2 saturated heterocycles. The summed E-state index contributed by atoms with van der Waals surface area (Å²) in [6, 6.07) is 9.06. The van der Waals surface area contributed by atoms with Gasteiger partial charge in [0.2, 0.25) is 0 Å². The van der Waals surface area contributed by atoms with Crippen LogP contribution >= 0.6 is 0 Å². The van der Waals surface area contributed by atoms with Gasteiger partial charge in [0.05, 0.1) is 0 Å². The van der Waals surface area contributed by atoms with Gasteiger partial charge in [-0.25, -0.2) is 0 Å². The molecule has 3 nitrogen and oxygen atoms in total. The van der Waals surface area contributed by atoms with Gasteiger partial charge in [0.1, 0.15) is 5.75 Å². The lowest BCUT2D eigenvalue weighted by atomic mass is 10.1. The van der Waals surface area contributed by atoms with E-state index in [2.05, 4.69) is 10.2 Å². The minimum Gasteiger partial charge on any atom is -0.508 e. The van der Waals surface area contributed by atoms with E-state index in [1.807, 2.05) is 18.2 Å². The normalized spacial score (nSPS) is 29.2. The standard InChI is InChI=1S/C14H20N2O/c17-14-4-2-1-3-11(14)9-16-8-7-12-5-6-13(10-16)15-12/h1-4,12-13,15,17H,5-10H2. The number of likely N-dealkylation sites (tertiary alicyclic amines) is 1. The van der Waals surface area contributed by atoms with Crippen molar-refractivity contribution in [1.82, 2.24) is 10.2 Å². The number of para-hydroxylation sites is 1. The van der Waals surface area contributed by atoms with Crippen LogP contribution in [0.1, 0.15) is 24.8 Å². The number of phenols is 1. The van der Waals surface area contributed by atoms with Crippen molar-refractivity contribution in [2.75, 3.05) is 13.1 Å². The Morgan fingerprint density at radius 3 is 2.88 bits per heavy atom. The molecule has 2 atom stereocenters. The first-order valence-corrected chi connectivity index (χ1v) is 6.56. The van der Waals surface area contributed by atoms with Crippen LogP contribution in [0.25, 0.3) is 0 Å². The molecule has 0 radical (unpaired) electrons. The summed E-state index contributed by atoms with van der Waals surface area (Å²) in [5, 5.41) is 13.5. The van der Waals surface area contributed by atoms with Crippen molar-refractivity contribution >= 4 is 0 Å². The molecule has 0 saturated carbocycles. The van der Waals surface area contributed by atoms with E-state index in [-0.39, 0.29) is 0 Å². The fraction of sp³-hybridized carbons (Fsp3) is 0.571. The molecule has 2 fully saturated rings. The van der Waals surface area contributed by atoms with Gasteiger partial charge in [0.15, 0.2) is 0 Å². The highest BCUT2D eigenvalue weighted by atomic mass is 16.3. The summed E-state index contributed by atoms with van der Waals surface area (Å²) in [6.07, 6.45) is 3.89. The molecule has 0 spiro atoms. The van der Waals surface area contributed by atoms with E-state index >= 15 is 0 Å². The van der Waals surface area contributed by atoms with Crippen LogP contribution in [0.3, 0.4) is 0 Å². The number of benzene rings is 1. The van der Waals surface area contributed by atoms with Crippen molar-refractivity contribution in [2.24, 2.45) is 0 Å². The van der Waals surface area contributed by atoms with Crippen molar-refractivity contribution in [3.05, 3.63) is 29.8 Å². The van der Waals surface area contributed by atoms with E-state index in [1.165, 1.54) is 19.3 Å². The number of rotatable bonds is 2. The predicted molar refractivity (Wildman–Crippen MR) is 67.9 cm³/mol. The first-order valence-electron chi connectivity index (χ1n) is 6.56. The minimum absolute atomic E-state index is 0.426. The molecule has 2 aliphatic rings. The van der Waals surface area contributed by atoms with Gasteiger partial charge in [-0.05, 0) is 25.3 Å². The van der Waals surface area contributed by atoms with Crippen molar-refractivity contribution < 1.29 is 5.11 Å². The minimum atomic E-state index is 0.426. The zero-order chi connectivity index (χ0) is 11.7. The number of nitrogens with one attached hydrogen (secondary N) is 1. The molecule has 2 bridgehead atoms. The fourth-order valence-corrected chi connectivity index (χ4v) is 3.04. The number of hydrogen-bond acceptors (Lipinski definition) is 3. The Balaban J connectivity index is 1.67. The quantitative estimate of drug-likeness (QED) is 0.815. The monoisotopic (exact) mass is 232 g/mol. The highest BCUT2D eigenvalue weighted by Gasteiger charge is 2.29. The zero-order valence-electron chi connectivity index (χ0n) is 10.1. The number of nitrogens with zero attached hydrogens (tertiary/aromatic N) is 1. The van der Waals surface area contributed by atoms with Crippen LogP contribution in [0.5, 0.6) is 5.75 Å². The fourth-order valence-electron chi connectivity index (χ4n) is 3.04. The summed E-state index contributed by atoms with van der Waals surface area (Å²) < 4.78 is 0. The summed E-state index contributed by atoms with van der Waals surface area (Å²) in [7, 11) is 0. The molecular formula is C14H20N2O. The molecule has 0 aliphatic carbocycles. The second-order valence-electron chi connectivity index (χ2n) is 5.29. The van der Waals surface area contributed by atoms with Gasteiger partial charge in [-0.2, -0.15) is 0 Å². The van der Waals surface area contributed by atoms with E-state index in [9.17, 15) is 5.11 Å². The maximum absolute atomic E-state index is 9.80. The number of phenolic OH excluding ortho intramolecular Hbond substituents is 1. The maximum Gasteiger partial charge on any atom is 0.120 e. The van der Waals surface area contributed by atoms with E-state index < -0.39 is 0 Å². The first-order chi connectivity index (χ1) is 8.31. The Morgan fingerprint density at radius 2 is 2.00 bits per heavy atom. The van der Waals surface area contributed by atoms with Crippen LogP contribution < -0.4 is 5.32 Å². The summed E-state index contributed by atoms with van der Waals surface area (Å²) in [5.41, 5.74) is 1.05. The lowest BCUT2D eigenvalue weighted by Gasteiger charge is -2.24. The molecule has 2 aliphatic heterocycles. The summed E-state index contributed by atoms with van der Waals surface area (Å²) in [6.45, 7) is 3.13. The van der Waals surface area contributed by atoms with Gasteiger partial charge < -0.3 is 10.4 Å². The molecule has 3 heteroatoms. The highest BCUT2D eigenvalue weighted by molar-refractivity contribution is 5.31. The number of aromatic hydroxyl groups is 1. The van der Waals surface area contributed by atoms with E-state index in [1.54, 1.807) is 6.07 Å². The highest BCUT2D eigenvalue weighted by Crippen LogP contribution is 2.23. The molecule has 2 heterocycles. The van der Waals surface area contributed by atoms with Crippen LogP contribution in [-0.2, 0) is 6.54 Å². The van der Waals surface area contributed by atoms with E-state index in [0.29, 0.717) is 11.8 Å². The molecule has 1 aromatic carbocycles. The largest absolute Gasteiger partial charge is 0.508 e. The van der Waals surface area contributed by atoms with E-state index in [4.69, 9.17) is 0 Å². The maximum atomic E-state index is 9.80. The summed E-state index contributed by atoms with van der Waals surface area (Å²) >= 11 is 0. The average molecular weight is 232 g/mol. The van der Waals surface area contributed by atoms with E-state index in [0.717, 1.165) is 31.2 Å². The molecule has 92 valence electrons. The van der Waals surface area contributed by atoms with Crippen LogP contribution in [0.4, 0.5) is 0 Å². The van der Waals surface area contributed by atoms with Crippen LogP contribution in [-0.4, -0.2) is 35.2 Å². The third-order valence-corrected chi connectivity index (χ3v) is 3.99. The van der Waals surface area contributed by atoms with Crippen LogP contribution in [0.15, 0.2) is 24.3 Å². The van der Waals surface area contributed by atoms with Gasteiger partial charge in [0, 0.05) is 37.3 Å². The first kappa shape index (κ1) is 11.1. The predicted octanol–water partition coefficient (Wildman–Crippen LogP) is 1.72. The van der Waals surface area contributed by atoms with Crippen LogP contribution in [0.2, 0.25) is 0 Å². The smallest absolute Gasteiger partial charge is 0.120 e. The molecule has 0 amide bonds. The summed E-state index contributed by atoms with van der Waals surface area (Å²) in [4.78, 5) is 2.46. The molecule has 2 N–H and O–H groups in total.